The van der Waals surface area contributed by atoms with Crippen LogP contribution in [0.1, 0.15) is 31.1 Å². The van der Waals surface area contributed by atoms with Gasteiger partial charge in [-0.2, -0.15) is 0 Å². The Labute approximate surface area is 111 Å². The van der Waals surface area contributed by atoms with Crippen molar-refractivity contribution in [2.75, 3.05) is 18.6 Å². The second-order valence-corrected chi connectivity index (χ2v) is 5.04. The summed E-state index contributed by atoms with van der Waals surface area (Å²) >= 11 is 0. The molecule has 0 heterocycles. The molecule has 1 aromatic carbocycles. The maximum atomic E-state index is 11.3. The van der Waals surface area contributed by atoms with E-state index in [2.05, 4.69) is 0 Å². The smallest absolute Gasteiger partial charge is 0.282 e. The summed E-state index contributed by atoms with van der Waals surface area (Å²) in [5.74, 6) is -0.345. The summed E-state index contributed by atoms with van der Waals surface area (Å²) in [5.41, 5.74) is -0.101. The Bertz CT molecular complexity index is 511. The van der Waals surface area contributed by atoms with Crippen LogP contribution in [0.5, 0.6) is 0 Å². The van der Waals surface area contributed by atoms with Gasteiger partial charge in [0.25, 0.3) is 5.69 Å². The molecule has 0 fully saturated rings. The number of aliphatic hydroxyl groups is 1. The number of benzene rings is 1. The number of aliphatic hydroxyl groups excluding tert-OH is 1. The highest BCUT2D eigenvalue weighted by Gasteiger charge is 2.25. The third kappa shape index (κ3) is 3.08. The monoisotopic (exact) mass is 266 g/mol. The standard InChI is InChI=1S/C13H18N2O4/c1-9(17)11-6-5-10(7-12(11)15(18)19)14(4)13(2,3)8-16/h5-7,16H,8H2,1-4H3. The number of nitro groups is 1. The predicted molar refractivity (Wildman–Crippen MR) is 72.7 cm³/mol. The van der Waals surface area contributed by atoms with Crippen LogP contribution in [-0.4, -0.2) is 35.0 Å². The van der Waals surface area contributed by atoms with Crippen LogP contribution in [-0.2, 0) is 0 Å². The lowest BCUT2D eigenvalue weighted by Crippen LogP contribution is -2.44. The Morgan fingerprint density at radius 1 is 1.47 bits per heavy atom. The number of likely N-dealkylation sites (N-methyl/N-ethyl adjacent to an activating group) is 1. The normalized spacial score (nSPS) is 11.2. The van der Waals surface area contributed by atoms with Crippen molar-refractivity contribution in [3.8, 4) is 0 Å². The molecule has 6 heteroatoms. The molecular weight excluding hydrogens is 248 g/mol. The lowest BCUT2D eigenvalue weighted by atomic mass is 10.0. The first kappa shape index (κ1) is 15.1. The van der Waals surface area contributed by atoms with Gasteiger partial charge in [-0.05, 0) is 32.9 Å². The number of nitrogens with zero attached hydrogens (tertiary/aromatic N) is 2. The van der Waals surface area contributed by atoms with Crippen molar-refractivity contribution in [2.24, 2.45) is 0 Å². The van der Waals surface area contributed by atoms with E-state index in [1.54, 1.807) is 18.0 Å². The first-order valence-corrected chi connectivity index (χ1v) is 5.85. The van der Waals surface area contributed by atoms with E-state index in [0.29, 0.717) is 5.69 Å². The quantitative estimate of drug-likeness (QED) is 0.500. The minimum absolute atomic E-state index is 0.0870. The van der Waals surface area contributed by atoms with Crippen LogP contribution in [0.3, 0.4) is 0 Å². The lowest BCUT2D eigenvalue weighted by Gasteiger charge is -2.35. The van der Waals surface area contributed by atoms with Gasteiger partial charge < -0.3 is 10.0 Å². The number of Topliss-reactive ketones (excluding diaryl/α,β-unsaturated/α-hetero) is 1. The maximum absolute atomic E-state index is 11.3. The van der Waals surface area contributed by atoms with E-state index in [9.17, 15) is 20.0 Å². The zero-order valence-corrected chi connectivity index (χ0v) is 11.5. The van der Waals surface area contributed by atoms with Crippen LogP contribution in [0.4, 0.5) is 11.4 Å². The van der Waals surface area contributed by atoms with Crippen LogP contribution in [0.2, 0.25) is 0 Å². The van der Waals surface area contributed by atoms with Gasteiger partial charge in [0.05, 0.1) is 22.6 Å². The van der Waals surface area contributed by atoms with Gasteiger partial charge in [0.1, 0.15) is 0 Å². The third-order valence-electron chi connectivity index (χ3n) is 3.24. The predicted octanol–water partition coefficient (Wildman–Crippen LogP) is 2.00. The number of anilines is 1. The van der Waals surface area contributed by atoms with Gasteiger partial charge in [0.2, 0.25) is 0 Å². The van der Waals surface area contributed by atoms with Gasteiger partial charge in [-0.15, -0.1) is 0 Å². The Morgan fingerprint density at radius 3 is 2.47 bits per heavy atom. The topological polar surface area (TPSA) is 83.7 Å². The minimum Gasteiger partial charge on any atom is -0.394 e. The van der Waals surface area contributed by atoms with Crippen LogP contribution in [0.15, 0.2) is 18.2 Å². The Morgan fingerprint density at radius 2 is 2.05 bits per heavy atom. The summed E-state index contributed by atoms with van der Waals surface area (Å²) in [6.45, 7) is 4.84. The van der Waals surface area contributed by atoms with Crippen molar-refractivity contribution in [3.63, 3.8) is 0 Å². The van der Waals surface area contributed by atoms with E-state index >= 15 is 0 Å². The average Bonchev–Trinajstić information content (AvgIpc) is 2.36. The third-order valence-corrected chi connectivity index (χ3v) is 3.24. The Balaban J connectivity index is 3.30. The first-order valence-electron chi connectivity index (χ1n) is 5.85. The van der Waals surface area contributed by atoms with Crippen molar-refractivity contribution in [2.45, 2.75) is 26.3 Å². The zero-order chi connectivity index (χ0) is 14.8. The number of nitro benzene ring substituents is 1. The Hall–Kier alpha value is -1.95. The van der Waals surface area contributed by atoms with Crippen LogP contribution in [0.25, 0.3) is 0 Å². The number of carbonyl (C=O) groups is 1. The van der Waals surface area contributed by atoms with E-state index < -0.39 is 10.5 Å². The Kier molecular flexibility index (Phi) is 4.26. The molecule has 0 saturated carbocycles. The van der Waals surface area contributed by atoms with Crippen LogP contribution < -0.4 is 4.90 Å². The molecule has 19 heavy (non-hydrogen) atoms. The number of hydrogen-bond donors (Lipinski definition) is 1. The molecule has 1 aromatic rings. The largest absolute Gasteiger partial charge is 0.394 e. The fourth-order valence-corrected chi connectivity index (χ4v) is 1.63. The van der Waals surface area contributed by atoms with Crippen molar-refractivity contribution >= 4 is 17.2 Å². The first-order chi connectivity index (χ1) is 8.70. The van der Waals surface area contributed by atoms with Crippen molar-refractivity contribution < 1.29 is 14.8 Å². The van der Waals surface area contributed by atoms with Gasteiger partial charge in [-0.1, -0.05) is 0 Å². The molecule has 0 bridgehead atoms. The summed E-state index contributed by atoms with van der Waals surface area (Å²) in [7, 11) is 1.74. The fourth-order valence-electron chi connectivity index (χ4n) is 1.63. The number of rotatable bonds is 5. The summed E-state index contributed by atoms with van der Waals surface area (Å²) in [5, 5.41) is 20.3. The molecule has 1 rings (SSSR count). The molecule has 0 amide bonds. The second kappa shape index (κ2) is 5.36. The van der Waals surface area contributed by atoms with Gasteiger partial charge in [-0.3, -0.25) is 14.9 Å². The SMILES string of the molecule is CC(=O)c1ccc(N(C)C(C)(C)CO)cc1[N+](=O)[O-]. The molecule has 0 aliphatic heterocycles. The van der Waals surface area contributed by atoms with Crippen LogP contribution >= 0.6 is 0 Å². The van der Waals surface area contributed by atoms with Crippen molar-refractivity contribution in [1.29, 1.82) is 0 Å². The summed E-state index contributed by atoms with van der Waals surface area (Å²) in [6, 6.07) is 4.44. The average molecular weight is 266 g/mol. The molecular formula is C13H18N2O4. The van der Waals surface area contributed by atoms with Gasteiger partial charge in [0.15, 0.2) is 5.78 Å². The van der Waals surface area contributed by atoms with E-state index in [-0.39, 0.29) is 23.6 Å². The summed E-state index contributed by atoms with van der Waals surface area (Å²) in [6.07, 6.45) is 0. The maximum Gasteiger partial charge on any atom is 0.282 e. The molecule has 1 N–H and O–H groups in total. The van der Waals surface area contributed by atoms with Gasteiger partial charge >= 0.3 is 0 Å². The molecule has 0 aromatic heterocycles. The van der Waals surface area contributed by atoms with Crippen LogP contribution in [0, 0.1) is 10.1 Å². The number of hydrogen-bond acceptors (Lipinski definition) is 5. The summed E-state index contributed by atoms with van der Waals surface area (Å²) in [4.78, 5) is 23.5. The van der Waals surface area contributed by atoms with Crippen molar-refractivity contribution in [1.82, 2.24) is 0 Å². The highest BCUT2D eigenvalue weighted by Crippen LogP contribution is 2.29. The number of carbonyl (C=O) groups excluding carboxylic acids is 1. The molecule has 0 aliphatic rings. The summed E-state index contributed by atoms with van der Waals surface area (Å²) < 4.78 is 0. The molecule has 104 valence electrons. The van der Waals surface area contributed by atoms with E-state index in [0.717, 1.165) is 0 Å². The second-order valence-electron chi connectivity index (χ2n) is 5.04. The zero-order valence-electron chi connectivity index (χ0n) is 11.5. The number of ketones is 1. The molecule has 0 radical (unpaired) electrons. The fraction of sp³-hybridized carbons (Fsp3) is 0.462. The molecule has 0 atom stereocenters. The van der Waals surface area contributed by atoms with E-state index in [1.165, 1.54) is 19.1 Å². The lowest BCUT2D eigenvalue weighted by molar-refractivity contribution is -0.385. The molecule has 6 nitrogen and oxygen atoms in total. The van der Waals surface area contributed by atoms with Crippen molar-refractivity contribution in [3.05, 3.63) is 33.9 Å². The highest BCUT2D eigenvalue weighted by molar-refractivity contribution is 5.98. The highest BCUT2D eigenvalue weighted by atomic mass is 16.6. The van der Waals surface area contributed by atoms with Gasteiger partial charge in [-0.25, -0.2) is 0 Å². The molecule has 0 saturated heterocycles. The van der Waals surface area contributed by atoms with E-state index in [1.807, 2.05) is 13.8 Å². The minimum atomic E-state index is -0.569. The molecule has 0 unspecified atom stereocenters. The molecule has 0 aliphatic carbocycles. The van der Waals surface area contributed by atoms with E-state index in [4.69, 9.17) is 0 Å². The van der Waals surface area contributed by atoms with Gasteiger partial charge in [0, 0.05) is 18.8 Å². The molecule has 0 spiro atoms.